The quantitative estimate of drug-likeness (QED) is 0.849. The molecule has 0 fully saturated rings. The molecule has 0 saturated carbocycles. The minimum atomic E-state index is 0.304. The van der Waals surface area contributed by atoms with Crippen LogP contribution in [0.1, 0.15) is 23.9 Å². The van der Waals surface area contributed by atoms with E-state index < -0.39 is 0 Å². The number of hydrogen-bond donors (Lipinski definition) is 2. The average molecular weight is 245 g/mol. The van der Waals surface area contributed by atoms with Crippen LogP contribution in [0.3, 0.4) is 0 Å². The number of nitrogens with zero attached hydrogens (tertiary/aromatic N) is 2. The van der Waals surface area contributed by atoms with Crippen molar-refractivity contribution in [2.45, 2.75) is 33.5 Å². The molecule has 0 atom stereocenters. The van der Waals surface area contributed by atoms with Gasteiger partial charge in [-0.25, -0.2) is 0 Å². The van der Waals surface area contributed by atoms with E-state index in [1.807, 2.05) is 23.7 Å². The monoisotopic (exact) mass is 245 g/mol. The van der Waals surface area contributed by atoms with Crippen LogP contribution in [0.4, 0.5) is 0 Å². The summed E-state index contributed by atoms with van der Waals surface area (Å²) in [6, 6.07) is 9.36. The highest BCUT2D eigenvalue weighted by Gasteiger charge is 2.03. The molecule has 0 amide bonds. The predicted octanol–water partition coefficient (Wildman–Crippen LogP) is 2.21. The summed E-state index contributed by atoms with van der Waals surface area (Å²) in [4.78, 5) is 0. The first-order chi connectivity index (χ1) is 8.69. The fourth-order valence-corrected chi connectivity index (χ4v) is 1.96. The topological polar surface area (TPSA) is 50.1 Å². The molecule has 4 heteroatoms. The molecule has 1 aromatic carbocycles. The van der Waals surface area contributed by atoms with Crippen LogP contribution in [0.15, 0.2) is 30.3 Å². The van der Waals surface area contributed by atoms with Crippen molar-refractivity contribution in [3.8, 4) is 5.75 Å². The molecule has 0 aliphatic heterocycles. The lowest BCUT2D eigenvalue weighted by Crippen LogP contribution is -2.16. The molecule has 0 unspecified atom stereocenters. The Morgan fingerprint density at radius 1 is 1.22 bits per heavy atom. The van der Waals surface area contributed by atoms with E-state index in [2.05, 4.69) is 23.4 Å². The van der Waals surface area contributed by atoms with Crippen molar-refractivity contribution in [3.05, 3.63) is 47.3 Å². The Labute approximate surface area is 107 Å². The third-order valence-corrected chi connectivity index (χ3v) is 2.86. The first kappa shape index (κ1) is 12.6. The van der Waals surface area contributed by atoms with Crippen molar-refractivity contribution in [1.29, 1.82) is 0 Å². The van der Waals surface area contributed by atoms with Gasteiger partial charge in [0.15, 0.2) is 0 Å². The maximum atomic E-state index is 9.20. The Kier molecular flexibility index (Phi) is 3.99. The molecule has 2 rings (SSSR count). The summed E-state index contributed by atoms with van der Waals surface area (Å²) in [7, 11) is 0. The second-order valence-corrected chi connectivity index (χ2v) is 4.36. The molecule has 0 aliphatic rings. The van der Waals surface area contributed by atoms with Crippen molar-refractivity contribution < 1.29 is 5.11 Å². The van der Waals surface area contributed by atoms with Gasteiger partial charge < -0.3 is 10.4 Å². The summed E-state index contributed by atoms with van der Waals surface area (Å²) < 4.78 is 2.01. The Morgan fingerprint density at radius 2 is 1.94 bits per heavy atom. The van der Waals surface area contributed by atoms with E-state index in [1.165, 1.54) is 5.69 Å². The number of benzene rings is 1. The van der Waals surface area contributed by atoms with Crippen LogP contribution in [0.25, 0.3) is 0 Å². The van der Waals surface area contributed by atoms with E-state index in [-0.39, 0.29) is 0 Å². The summed E-state index contributed by atoms with van der Waals surface area (Å²) >= 11 is 0. The molecule has 0 radical (unpaired) electrons. The molecule has 4 nitrogen and oxygen atoms in total. The molecule has 2 aromatic rings. The number of aromatic hydroxyl groups is 1. The zero-order valence-electron chi connectivity index (χ0n) is 10.8. The van der Waals surface area contributed by atoms with Gasteiger partial charge in [-0.05, 0) is 37.6 Å². The average Bonchev–Trinajstić information content (AvgIpc) is 2.72. The van der Waals surface area contributed by atoms with Gasteiger partial charge in [0.1, 0.15) is 5.75 Å². The van der Waals surface area contributed by atoms with Gasteiger partial charge in [-0.15, -0.1) is 0 Å². The zero-order chi connectivity index (χ0) is 13.0. The predicted molar refractivity (Wildman–Crippen MR) is 71.3 cm³/mol. The second kappa shape index (κ2) is 5.69. The summed E-state index contributed by atoms with van der Waals surface area (Å²) in [6.45, 7) is 6.58. The molecule has 1 heterocycles. The zero-order valence-corrected chi connectivity index (χ0v) is 10.8. The van der Waals surface area contributed by atoms with E-state index in [0.29, 0.717) is 5.75 Å². The summed E-state index contributed by atoms with van der Waals surface area (Å²) in [6.07, 6.45) is 0. The third kappa shape index (κ3) is 3.11. The SMILES string of the molecule is CCn1nc(C)cc1CNCc1ccc(O)cc1. The van der Waals surface area contributed by atoms with Crippen molar-refractivity contribution >= 4 is 0 Å². The Morgan fingerprint density at radius 3 is 2.61 bits per heavy atom. The molecular weight excluding hydrogens is 226 g/mol. The lowest BCUT2D eigenvalue weighted by molar-refractivity contribution is 0.475. The van der Waals surface area contributed by atoms with Crippen LogP contribution in [0, 0.1) is 6.92 Å². The molecule has 0 spiro atoms. The molecule has 96 valence electrons. The van der Waals surface area contributed by atoms with Crippen LogP contribution >= 0.6 is 0 Å². The van der Waals surface area contributed by atoms with E-state index >= 15 is 0 Å². The van der Waals surface area contributed by atoms with Gasteiger partial charge in [0, 0.05) is 19.6 Å². The lowest BCUT2D eigenvalue weighted by Gasteiger charge is -2.07. The van der Waals surface area contributed by atoms with Crippen LogP contribution in [0.5, 0.6) is 5.75 Å². The maximum absolute atomic E-state index is 9.20. The number of hydrogen-bond acceptors (Lipinski definition) is 3. The summed E-state index contributed by atoms with van der Waals surface area (Å²) in [5.74, 6) is 0.304. The fourth-order valence-electron chi connectivity index (χ4n) is 1.96. The van der Waals surface area contributed by atoms with Crippen LogP contribution < -0.4 is 5.32 Å². The molecule has 2 N–H and O–H groups in total. The highest BCUT2D eigenvalue weighted by atomic mass is 16.3. The Bertz CT molecular complexity index is 502. The van der Waals surface area contributed by atoms with Crippen molar-refractivity contribution in [3.63, 3.8) is 0 Å². The molecular formula is C14H19N3O. The van der Waals surface area contributed by atoms with Crippen LogP contribution in [-0.2, 0) is 19.6 Å². The number of phenols is 1. The summed E-state index contributed by atoms with van der Waals surface area (Å²) in [5, 5.41) is 17.0. The van der Waals surface area contributed by atoms with Gasteiger partial charge in [-0.1, -0.05) is 12.1 Å². The number of phenolic OH excluding ortho intramolecular Hbond substituents is 1. The second-order valence-electron chi connectivity index (χ2n) is 4.36. The van der Waals surface area contributed by atoms with Crippen molar-refractivity contribution in [2.75, 3.05) is 0 Å². The Balaban J connectivity index is 1.90. The first-order valence-corrected chi connectivity index (χ1v) is 6.21. The minimum absolute atomic E-state index is 0.304. The third-order valence-electron chi connectivity index (χ3n) is 2.86. The van der Waals surface area contributed by atoms with Gasteiger partial charge in [0.25, 0.3) is 0 Å². The smallest absolute Gasteiger partial charge is 0.115 e. The summed E-state index contributed by atoms with van der Waals surface area (Å²) in [5.41, 5.74) is 3.42. The van der Waals surface area contributed by atoms with Crippen molar-refractivity contribution in [2.24, 2.45) is 0 Å². The van der Waals surface area contributed by atoms with Gasteiger partial charge in [0.05, 0.1) is 11.4 Å². The highest BCUT2D eigenvalue weighted by Crippen LogP contribution is 2.09. The number of aryl methyl sites for hydroxylation is 2. The van der Waals surface area contributed by atoms with Gasteiger partial charge in [-0.3, -0.25) is 4.68 Å². The minimum Gasteiger partial charge on any atom is -0.508 e. The first-order valence-electron chi connectivity index (χ1n) is 6.21. The van der Waals surface area contributed by atoms with E-state index in [9.17, 15) is 5.11 Å². The van der Waals surface area contributed by atoms with Crippen LogP contribution in [0.2, 0.25) is 0 Å². The number of rotatable bonds is 5. The number of aromatic nitrogens is 2. The van der Waals surface area contributed by atoms with E-state index in [1.54, 1.807) is 12.1 Å². The Hall–Kier alpha value is -1.81. The molecule has 18 heavy (non-hydrogen) atoms. The highest BCUT2D eigenvalue weighted by molar-refractivity contribution is 5.25. The standard InChI is InChI=1S/C14H19N3O/c1-3-17-13(8-11(2)16-17)10-15-9-12-4-6-14(18)7-5-12/h4-8,15,18H,3,9-10H2,1-2H3. The maximum Gasteiger partial charge on any atom is 0.115 e. The van der Waals surface area contributed by atoms with Gasteiger partial charge >= 0.3 is 0 Å². The van der Waals surface area contributed by atoms with Crippen LogP contribution in [-0.4, -0.2) is 14.9 Å². The van der Waals surface area contributed by atoms with Gasteiger partial charge in [-0.2, -0.15) is 5.10 Å². The number of nitrogens with one attached hydrogen (secondary N) is 1. The van der Waals surface area contributed by atoms with Crippen molar-refractivity contribution in [1.82, 2.24) is 15.1 Å². The fraction of sp³-hybridized carbons (Fsp3) is 0.357. The molecule has 0 aliphatic carbocycles. The lowest BCUT2D eigenvalue weighted by atomic mass is 10.2. The molecule has 0 bridgehead atoms. The molecule has 0 saturated heterocycles. The van der Waals surface area contributed by atoms with E-state index in [4.69, 9.17) is 0 Å². The van der Waals surface area contributed by atoms with E-state index in [0.717, 1.165) is 30.9 Å². The normalized spacial score (nSPS) is 10.8. The largest absolute Gasteiger partial charge is 0.508 e. The molecule has 1 aromatic heterocycles. The van der Waals surface area contributed by atoms with Gasteiger partial charge in [0.2, 0.25) is 0 Å².